The first-order chi connectivity index (χ1) is 21.5. The van der Waals surface area contributed by atoms with Crippen molar-refractivity contribution in [3.05, 3.63) is 77.2 Å². The summed E-state index contributed by atoms with van der Waals surface area (Å²) in [6.45, 7) is 6.38. The molecule has 2 heterocycles. The molecule has 2 amide bonds. The molecule has 1 aliphatic rings. The molecular formula is C33H43N3O7S2. The predicted molar refractivity (Wildman–Crippen MR) is 175 cm³/mol. The van der Waals surface area contributed by atoms with Crippen molar-refractivity contribution in [3.63, 3.8) is 0 Å². The van der Waals surface area contributed by atoms with Gasteiger partial charge in [-0.15, -0.1) is 11.3 Å². The molecule has 4 rings (SSSR count). The number of hydrogen-bond acceptors (Lipinski definition) is 8. The molecule has 4 atom stereocenters. The van der Waals surface area contributed by atoms with E-state index < -0.39 is 22.0 Å². The zero-order valence-corrected chi connectivity index (χ0v) is 27.9. The molecule has 0 bridgehead atoms. The van der Waals surface area contributed by atoms with Crippen molar-refractivity contribution in [3.8, 4) is 5.75 Å². The molecule has 1 aromatic heterocycles. The zero-order chi connectivity index (χ0) is 32.6. The Labute approximate surface area is 270 Å². The second kappa shape index (κ2) is 15.7. The van der Waals surface area contributed by atoms with Gasteiger partial charge >= 0.3 is 0 Å². The number of thiophene rings is 1. The number of nitrogens with one attached hydrogen (secondary N) is 1. The summed E-state index contributed by atoms with van der Waals surface area (Å²) in [6.07, 6.45) is 1.73. The van der Waals surface area contributed by atoms with Gasteiger partial charge in [0.25, 0.3) is 21.8 Å². The highest BCUT2D eigenvalue weighted by atomic mass is 32.2. The summed E-state index contributed by atoms with van der Waals surface area (Å²) >= 11 is 1.10. The van der Waals surface area contributed by atoms with Gasteiger partial charge in [-0.3, -0.25) is 14.3 Å². The lowest BCUT2D eigenvalue weighted by Gasteiger charge is -2.36. The van der Waals surface area contributed by atoms with Gasteiger partial charge in [0.15, 0.2) is 0 Å². The molecule has 12 heteroatoms. The molecule has 10 nitrogen and oxygen atoms in total. The molecule has 0 aliphatic carbocycles. The number of sulfonamides is 1. The summed E-state index contributed by atoms with van der Waals surface area (Å²) in [5.41, 5.74) is 0.988. The predicted octanol–water partition coefficient (Wildman–Crippen LogP) is 5.12. The number of amides is 2. The largest absolute Gasteiger partial charge is 0.490 e. The molecule has 2 N–H and O–H groups in total. The number of carbonyl (C=O) groups excluding carboxylic acids is 2. The van der Waals surface area contributed by atoms with Gasteiger partial charge in [0.05, 0.1) is 30.4 Å². The van der Waals surface area contributed by atoms with Crippen LogP contribution in [0.5, 0.6) is 5.75 Å². The fraction of sp³-hybridized carbons (Fsp3) is 0.455. The zero-order valence-electron chi connectivity index (χ0n) is 26.2. The first kappa shape index (κ1) is 34.4. The Morgan fingerprint density at radius 1 is 1.13 bits per heavy atom. The molecule has 0 saturated heterocycles. The molecule has 0 fully saturated rings. The fourth-order valence-corrected chi connectivity index (χ4v) is 7.27. The van der Waals surface area contributed by atoms with E-state index in [1.165, 1.54) is 12.1 Å². The molecule has 0 saturated carbocycles. The maximum Gasteiger partial charge on any atom is 0.271 e. The molecular weight excluding hydrogens is 615 g/mol. The number of nitrogens with zero attached hydrogens (tertiary/aromatic N) is 2. The van der Waals surface area contributed by atoms with E-state index in [1.807, 2.05) is 32.0 Å². The number of aliphatic hydroxyl groups excluding tert-OH is 1. The van der Waals surface area contributed by atoms with Gasteiger partial charge < -0.3 is 24.4 Å². The maximum absolute atomic E-state index is 14.3. The lowest BCUT2D eigenvalue weighted by Crippen LogP contribution is -2.48. The number of rotatable bonds is 8. The third kappa shape index (κ3) is 9.06. The summed E-state index contributed by atoms with van der Waals surface area (Å²) in [7, 11) is -2.11. The van der Waals surface area contributed by atoms with Crippen LogP contribution in [0, 0.1) is 5.92 Å². The van der Waals surface area contributed by atoms with Gasteiger partial charge in [0.1, 0.15) is 9.96 Å². The fourth-order valence-electron chi connectivity index (χ4n) is 5.22. The minimum atomic E-state index is -3.85. The summed E-state index contributed by atoms with van der Waals surface area (Å²) in [5, 5.41) is 11.9. The molecule has 3 aromatic rings. The highest BCUT2D eigenvalue weighted by Gasteiger charge is 2.31. The summed E-state index contributed by atoms with van der Waals surface area (Å²) < 4.78 is 41.2. The minimum Gasteiger partial charge on any atom is -0.490 e. The number of carbonyl (C=O) groups is 2. The Kier molecular flexibility index (Phi) is 12.0. The average Bonchev–Trinajstić information content (AvgIpc) is 3.59. The lowest BCUT2D eigenvalue weighted by molar-refractivity contribution is -0.0149. The van der Waals surface area contributed by atoms with Crippen LogP contribution in [0.3, 0.4) is 0 Å². The van der Waals surface area contributed by atoms with Gasteiger partial charge in [-0.2, -0.15) is 0 Å². The molecule has 1 aliphatic heterocycles. The first-order valence-electron chi connectivity index (χ1n) is 15.2. The summed E-state index contributed by atoms with van der Waals surface area (Å²) in [6, 6.07) is 16.3. The van der Waals surface area contributed by atoms with Crippen molar-refractivity contribution < 1.29 is 32.6 Å². The Hall–Kier alpha value is -3.45. The maximum atomic E-state index is 14.3. The number of ether oxygens (including phenoxy) is 2. The molecule has 0 unspecified atom stereocenters. The van der Waals surface area contributed by atoms with Gasteiger partial charge in [0.2, 0.25) is 0 Å². The topological polar surface area (TPSA) is 125 Å². The van der Waals surface area contributed by atoms with Crippen molar-refractivity contribution in [2.75, 3.05) is 38.1 Å². The van der Waals surface area contributed by atoms with Crippen LogP contribution in [0.1, 0.15) is 60.7 Å². The van der Waals surface area contributed by atoms with E-state index in [9.17, 15) is 23.1 Å². The van der Waals surface area contributed by atoms with Gasteiger partial charge in [-0.1, -0.05) is 31.2 Å². The van der Waals surface area contributed by atoms with Crippen molar-refractivity contribution in [1.82, 2.24) is 9.80 Å². The van der Waals surface area contributed by atoms with Crippen LogP contribution in [-0.2, 0) is 14.8 Å². The second-order valence-corrected chi connectivity index (χ2v) is 14.5. The number of aliphatic hydroxyl groups is 1. The van der Waals surface area contributed by atoms with Crippen LogP contribution in [0.2, 0.25) is 0 Å². The second-order valence-electron chi connectivity index (χ2n) is 11.6. The molecule has 244 valence electrons. The first-order valence-corrected chi connectivity index (χ1v) is 17.6. The highest BCUT2D eigenvalue weighted by Crippen LogP contribution is 2.30. The highest BCUT2D eigenvalue weighted by molar-refractivity contribution is 7.94. The normalized spacial score (nSPS) is 20.8. The molecule has 2 aromatic carbocycles. The molecule has 0 spiro atoms. The number of benzene rings is 2. The average molecular weight is 658 g/mol. The third-order valence-corrected chi connectivity index (χ3v) is 10.7. The Bertz CT molecular complexity index is 1520. The quantitative estimate of drug-likeness (QED) is 0.345. The summed E-state index contributed by atoms with van der Waals surface area (Å²) in [4.78, 5) is 30.6. The van der Waals surface area contributed by atoms with Crippen molar-refractivity contribution >= 4 is 38.9 Å². The van der Waals surface area contributed by atoms with Crippen molar-refractivity contribution in [2.24, 2.45) is 5.92 Å². The smallest absolute Gasteiger partial charge is 0.271 e. The van der Waals surface area contributed by atoms with E-state index in [1.54, 1.807) is 59.5 Å². The van der Waals surface area contributed by atoms with E-state index in [2.05, 4.69) is 4.72 Å². The van der Waals surface area contributed by atoms with Crippen molar-refractivity contribution in [2.45, 2.75) is 62.5 Å². The van der Waals surface area contributed by atoms with Crippen LogP contribution in [0.15, 0.2) is 70.3 Å². The Morgan fingerprint density at radius 2 is 1.89 bits per heavy atom. The minimum absolute atomic E-state index is 0.125. The number of anilines is 1. The van der Waals surface area contributed by atoms with Gasteiger partial charge in [-0.25, -0.2) is 8.42 Å². The van der Waals surface area contributed by atoms with Crippen LogP contribution in [0.4, 0.5) is 5.69 Å². The standard InChI is InChI=1S/C33H43N3O7S2/c1-23-20-36(24(2)22-37)33(39)28-19-27(34-45(40,41)31-14-10-18-44-31)15-16-29(28)43-25(3)11-8-9-17-42-30(23)21-35(4)32(38)26-12-6-5-7-13-26/h5-7,10,12-16,18-19,23-25,30,34,37H,8-9,11,17,20-22H2,1-4H3/t23-,24-,25-,30-/m1/s1. The van der Waals surface area contributed by atoms with Crippen LogP contribution in [0.25, 0.3) is 0 Å². The number of likely N-dealkylation sites (N-methyl/N-ethyl adjacent to an activating group) is 1. The molecule has 0 radical (unpaired) electrons. The van der Waals surface area contributed by atoms with E-state index in [0.29, 0.717) is 30.9 Å². The lowest BCUT2D eigenvalue weighted by atomic mass is 10.0. The number of fused-ring (bicyclic) bond motifs is 1. The van der Waals surface area contributed by atoms with E-state index >= 15 is 0 Å². The van der Waals surface area contributed by atoms with Crippen LogP contribution < -0.4 is 9.46 Å². The molecule has 45 heavy (non-hydrogen) atoms. The van der Waals surface area contributed by atoms with Gasteiger partial charge in [-0.05, 0) is 74.9 Å². The Balaban J connectivity index is 1.65. The third-order valence-electron chi connectivity index (χ3n) is 7.88. The summed E-state index contributed by atoms with van der Waals surface area (Å²) in [5.74, 6) is -0.416. The van der Waals surface area contributed by atoms with Crippen LogP contribution in [-0.4, -0.2) is 86.7 Å². The SMILES string of the molecule is C[C@@H]1CCCCO[C@H](CN(C)C(=O)c2ccccc2)[C@H](C)CN([C@H](C)CO)C(=O)c2cc(NS(=O)(=O)c3cccs3)ccc2O1. The van der Waals surface area contributed by atoms with Crippen LogP contribution >= 0.6 is 11.3 Å². The van der Waals surface area contributed by atoms with E-state index in [4.69, 9.17) is 9.47 Å². The van der Waals surface area contributed by atoms with Gasteiger partial charge in [0, 0.05) is 43.9 Å². The number of hydrogen-bond donors (Lipinski definition) is 2. The van der Waals surface area contributed by atoms with E-state index in [-0.39, 0.29) is 52.6 Å². The monoisotopic (exact) mass is 657 g/mol. The van der Waals surface area contributed by atoms with Crippen molar-refractivity contribution in [1.29, 1.82) is 0 Å². The Morgan fingerprint density at radius 3 is 2.58 bits per heavy atom. The van der Waals surface area contributed by atoms with E-state index in [0.717, 1.165) is 24.2 Å².